The van der Waals surface area contributed by atoms with Crippen molar-refractivity contribution in [2.45, 2.75) is 6.10 Å². The number of esters is 1. The highest BCUT2D eigenvalue weighted by atomic mass is 16.6. The predicted molar refractivity (Wildman–Crippen MR) is 33.1 cm³/mol. The quantitative estimate of drug-likeness (QED) is 0.402. The van der Waals surface area contributed by atoms with E-state index >= 15 is 0 Å². The standard InChI is InChI=1S/C7H8O3/c8-3-6-4-1-2-5(4)7(9)10-6/h1-2,4-6,8H,3H2/t4-,5+,6+/m0/s1. The first kappa shape index (κ1) is 5.92. The first-order chi connectivity index (χ1) is 4.83. The van der Waals surface area contributed by atoms with Crippen molar-refractivity contribution in [3.8, 4) is 0 Å². The van der Waals surface area contributed by atoms with Crippen LogP contribution < -0.4 is 0 Å². The number of hydrogen-bond donors (Lipinski definition) is 1. The Hall–Kier alpha value is -0.830. The van der Waals surface area contributed by atoms with Crippen molar-refractivity contribution in [3.63, 3.8) is 0 Å². The molecule has 2 aliphatic rings. The average Bonchev–Trinajstić information content (AvgIpc) is 2.02. The first-order valence-electron chi connectivity index (χ1n) is 3.32. The monoisotopic (exact) mass is 140 g/mol. The Morgan fingerprint density at radius 2 is 2.40 bits per heavy atom. The molecular weight excluding hydrogens is 132 g/mol. The van der Waals surface area contributed by atoms with Gasteiger partial charge in [0.15, 0.2) is 0 Å². The highest BCUT2D eigenvalue weighted by molar-refractivity contribution is 5.79. The van der Waals surface area contributed by atoms with Crippen molar-refractivity contribution < 1.29 is 14.6 Å². The maximum atomic E-state index is 10.8. The highest BCUT2D eigenvalue weighted by Gasteiger charge is 2.45. The Labute approximate surface area is 58.3 Å². The smallest absolute Gasteiger partial charge is 0.313 e. The molecule has 0 aromatic rings. The van der Waals surface area contributed by atoms with Gasteiger partial charge < -0.3 is 9.84 Å². The van der Waals surface area contributed by atoms with E-state index in [4.69, 9.17) is 9.84 Å². The summed E-state index contributed by atoms with van der Waals surface area (Å²) in [4.78, 5) is 10.8. The number of carbonyl (C=O) groups is 1. The minimum absolute atomic E-state index is 0.0582. The molecule has 0 saturated carbocycles. The molecule has 0 aromatic carbocycles. The van der Waals surface area contributed by atoms with E-state index in [0.717, 1.165) is 0 Å². The molecule has 1 aliphatic heterocycles. The van der Waals surface area contributed by atoms with Crippen molar-refractivity contribution in [1.82, 2.24) is 0 Å². The average molecular weight is 140 g/mol. The summed E-state index contributed by atoms with van der Waals surface area (Å²) >= 11 is 0. The van der Waals surface area contributed by atoms with Gasteiger partial charge in [-0.2, -0.15) is 0 Å². The molecule has 3 atom stereocenters. The van der Waals surface area contributed by atoms with Crippen LogP contribution in [0.5, 0.6) is 0 Å². The van der Waals surface area contributed by atoms with Crippen LogP contribution in [-0.4, -0.2) is 23.8 Å². The number of fused-ring (bicyclic) bond motifs is 1. The second kappa shape index (κ2) is 1.83. The third-order valence-electron chi connectivity index (χ3n) is 2.10. The number of aliphatic hydroxyl groups excluding tert-OH is 1. The molecule has 0 spiro atoms. The van der Waals surface area contributed by atoms with Crippen molar-refractivity contribution in [1.29, 1.82) is 0 Å². The lowest BCUT2D eigenvalue weighted by molar-refractivity contribution is -0.144. The molecule has 0 amide bonds. The van der Waals surface area contributed by atoms with E-state index in [1.807, 2.05) is 12.2 Å². The van der Waals surface area contributed by atoms with Crippen LogP contribution in [-0.2, 0) is 9.53 Å². The fourth-order valence-electron chi connectivity index (χ4n) is 1.41. The van der Waals surface area contributed by atoms with Crippen LogP contribution in [0.15, 0.2) is 12.2 Å². The van der Waals surface area contributed by atoms with E-state index in [0.29, 0.717) is 0 Å². The van der Waals surface area contributed by atoms with Crippen LogP contribution >= 0.6 is 0 Å². The molecule has 1 aliphatic carbocycles. The molecule has 2 rings (SSSR count). The Bertz CT molecular complexity index is 197. The number of hydrogen-bond acceptors (Lipinski definition) is 3. The molecule has 1 fully saturated rings. The third kappa shape index (κ3) is 0.555. The lowest BCUT2D eigenvalue weighted by Crippen LogP contribution is -2.26. The SMILES string of the molecule is O=C1O[C@H](CO)[C@H]2C=C[C@@H]12. The molecule has 0 bridgehead atoms. The Kier molecular flexibility index (Phi) is 1.08. The normalized spacial score (nSPS) is 42.5. The maximum Gasteiger partial charge on any atom is 0.313 e. The van der Waals surface area contributed by atoms with Gasteiger partial charge in [-0.05, 0) is 0 Å². The molecule has 1 N–H and O–H groups in total. The lowest BCUT2D eigenvalue weighted by atomic mass is 9.81. The van der Waals surface area contributed by atoms with Gasteiger partial charge >= 0.3 is 5.97 Å². The summed E-state index contributed by atoms with van der Waals surface area (Å²) in [6, 6.07) is 0. The number of aliphatic hydroxyl groups is 1. The Balaban J connectivity index is 2.17. The maximum absolute atomic E-state index is 10.8. The van der Waals surface area contributed by atoms with Gasteiger partial charge in [-0.25, -0.2) is 0 Å². The second-order valence-electron chi connectivity index (χ2n) is 2.65. The van der Waals surface area contributed by atoms with Crippen molar-refractivity contribution in [2.24, 2.45) is 11.8 Å². The topological polar surface area (TPSA) is 46.5 Å². The summed E-state index contributed by atoms with van der Waals surface area (Å²) in [5, 5.41) is 8.69. The predicted octanol–water partition coefficient (Wildman–Crippen LogP) is -0.294. The van der Waals surface area contributed by atoms with Gasteiger partial charge in [-0.1, -0.05) is 12.2 Å². The van der Waals surface area contributed by atoms with E-state index in [2.05, 4.69) is 0 Å². The molecule has 0 aromatic heterocycles. The van der Waals surface area contributed by atoms with E-state index in [9.17, 15) is 4.79 Å². The lowest BCUT2D eigenvalue weighted by Gasteiger charge is -2.19. The van der Waals surface area contributed by atoms with Crippen LogP contribution in [0.4, 0.5) is 0 Å². The molecule has 3 nitrogen and oxygen atoms in total. The number of cyclic esters (lactones) is 1. The molecule has 54 valence electrons. The molecule has 3 heteroatoms. The van der Waals surface area contributed by atoms with Crippen LogP contribution in [0.1, 0.15) is 0 Å². The van der Waals surface area contributed by atoms with Crippen LogP contribution in [0, 0.1) is 11.8 Å². The second-order valence-corrected chi connectivity index (χ2v) is 2.65. The largest absolute Gasteiger partial charge is 0.459 e. The zero-order chi connectivity index (χ0) is 7.14. The summed E-state index contributed by atoms with van der Waals surface area (Å²) in [6.45, 7) is -0.0583. The van der Waals surface area contributed by atoms with Gasteiger partial charge in [0.05, 0.1) is 12.5 Å². The Morgan fingerprint density at radius 1 is 1.60 bits per heavy atom. The van der Waals surface area contributed by atoms with E-state index < -0.39 is 0 Å². The van der Waals surface area contributed by atoms with E-state index in [-0.39, 0.29) is 30.5 Å². The summed E-state index contributed by atoms with van der Waals surface area (Å²) < 4.78 is 4.85. The van der Waals surface area contributed by atoms with Crippen LogP contribution in [0.3, 0.4) is 0 Å². The highest BCUT2D eigenvalue weighted by Crippen LogP contribution is 2.37. The van der Waals surface area contributed by atoms with Gasteiger partial charge in [-0.15, -0.1) is 0 Å². The van der Waals surface area contributed by atoms with Crippen molar-refractivity contribution >= 4 is 5.97 Å². The Morgan fingerprint density at radius 3 is 2.70 bits per heavy atom. The van der Waals surface area contributed by atoms with E-state index in [1.54, 1.807) is 0 Å². The number of rotatable bonds is 1. The zero-order valence-electron chi connectivity index (χ0n) is 5.36. The molecular formula is C7H8O3. The summed E-state index contributed by atoms with van der Waals surface area (Å²) in [6.07, 6.45) is 3.46. The fraction of sp³-hybridized carbons (Fsp3) is 0.571. The minimum Gasteiger partial charge on any atom is -0.459 e. The number of ether oxygens (including phenoxy) is 1. The first-order valence-corrected chi connectivity index (χ1v) is 3.32. The van der Waals surface area contributed by atoms with Crippen molar-refractivity contribution in [2.75, 3.05) is 6.61 Å². The van der Waals surface area contributed by atoms with Gasteiger partial charge in [-0.3, -0.25) is 4.79 Å². The number of carbonyl (C=O) groups excluding carboxylic acids is 1. The summed E-state index contributed by atoms with van der Waals surface area (Å²) in [5.41, 5.74) is 0. The van der Waals surface area contributed by atoms with Crippen LogP contribution in [0.2, 0.25) is 0 Å². The fourth-order valence-corrected chi connectivity index (χ4v) is 1.41. The van der Waals surface area contributed by atoms with Crippen molar-refractivity contribution in [3.05, 3.63) is 12.2 Å². The molecule has 1 heterocycles. The molecule has 1 saturated heterocycles. The third-order valence-corrected chi connectivity index (χ3v) is 2.10. The molecule has 10 heavy (non-hydrogen) atoms. The van der Waals surface area contributed by atoms with E-state index in [1.165, 1.54) is 0 Å². The van der Waals surface area contributed by atoms with Gasteiger partial charge in [0.1, 0.15) is 6.10 Å². The van der Waals surface area contributed by atoms with Crippen LogP contribution in [0.25, 0.3) is 0 Å². The molecule has 0 radical (unpaired) electrons. The molecule has 0 unspecified atom stereocenters. The van der Waals surface area contributed by atoms with Gasteiger partial charge in [0.25, 0.3) is 0 Å². The van der Waals surface area contributed by atoms with Gasteiger partial charge in [0.2, 0.25) is 0 Å². The minimum atomic E-state index is -0.275. The zero-order valence-corrected chi connectivity index (χ0v) is 5.36. The van der Waals surface area contributed by atoms with Gasteiger partial charge in [0, 0.05) is 5.92 Å². The summed E-state index contributed by atoms with van der Waals surface area (Å²) in [5.74, 6) is -0.0961. The summed E-state index contributed by atoms with van der Waals surface area (Å²) in [7, 11) is 0.